The van der Waals surface area contributed by atoms with E-state index >= 15 is 0 Å². The number of hydrogen-bond donors (Lipinski definition) is 2. The minimum Gasteiger partial charge on any atom is -0.390 e. The Labute approximate surface area is 168 Å². The molecule has 1 saturated heterocycles. The Morgan fingerprint density at radius 1 is 1.11 bits per heavy atom. The average molecular weight is 385 g/mol. The second-order valence-electron chi connectivity index (χ2n) is 9.13. The fraction of sp³-hybridized carbons (Fsp3) is 0.696. The number of rotatable bonds is 5. The lowest BCUT2D eigenvalue weighted by atomic mass is 9.79. The van der Waals surface area contributed by atoms with Gasteiger partial charge in [0.2, 0.25) is 0 Å². The van der Waals surface area contributed by atoms with Crippen LogP contribution in [-0.2, 0) is 13.2 Å². The molecule has 0 bridgehead atoms. The molecular formula is C23H36N4O. The predicted molar refractivity (Wildman–Crippen MR) is 114 cm³/mol. The summed E-state index contributed by atoms with van der Waals surface area (Å²) in [7, 11) is 0. The van der Waals surface area contributed by atoms with Gasteiger partial charge in [-0.1, -0.05) is 13.8 Å². The largest absolute Gasteiger partial charge is 0.390 e. The number of aliphatic hydroxyl groups is 1. The summed E-state index contributed by atoms with van der Waals surface area (Å²) in [5.74, 6) is 1.75. The average Bonchev–Trinajstić information content (AvgIpc) is 3.07. The van der Waals surface area contributed by atoms with Gasteiger partial charge < -0.3 is 20.3 Å². The number of fused-ring (bicyclic) bond motifs is 1. The molecule has 0 aromatic carbocycles. The van der Waals surface area contributed by atoms with Crippen molar-refractivity contribution >= 4 is 10.9 Å². The predicted octanol–water partition coefficient (Wildman–Crippen LogP) is 3.84. The smallest absolute Gasteiger partial charge is 0.0836 e. The maximum absolute atomic E-state index is 10.1. The van der Waals surface area contributed by atoms with Crippen molar-refractivity contribution in [2.45, 2.75) is 77.6 Å². The summed E-state index contributed by atoms with van der Waals surface area (Å²) in [6, 6.07) is 3.24. The number of piperidine rings is 1. The first-order valence-corrected chi connectivity index (χ1v) is 11.1. The van der Waals surface area contributed by atoms with Crippen LogP contribution in [0.15, 0.2) is 18.5 Å². The maximum atomic E-state index is 10.1. The molecule has 1 aliphatic carbocycles. The van der Waals surface area contributed by atoms with Gasteiger partial charge >= 0.3 is 0 Å². The number of pyridine rings is 1. The normalized spacial score (nSPS) is 25.0. The van der Waals surface area contributed by atoms with Crippen molar-refractivity contribution < 1.29 is 5.11 Å². The number of nitrogens with zero attached hydrogens (tertiary/aromatic N) is 3. The summed E-state index contributed by atoms with van der Waals surface area (Å²) >= 11 is 0. The van der Waals surface area contributed by atoms with Gasteiger partial charge in [0.25, 0.3) is 0 Å². The lowest BCUT2D eigenvalue weighted by Gasteiger charge is -2.42. The van der Waals surface area contributed by atoms with Crippen LogP contribution in [0.4, 0.5) is 0 Å². The van der Waals surface area contributed by atoms with E-state index < -0.39 is 0 Å². The highest BCUT2D eigenvalue weighted by Crippen LogP contribution is 2.37. The second-order valence-corrected chi connectivity index (χ2v) is 9.13. The van der Waals surface area contributed by atoms with Crippen molar-refractivity contribution in [2.24, 2.45) is 17.6 Å². The topological polar surface area (TPSA) is 67.3 Å². The molecule has 5 heteroatoms. The van der Waals surface area contributed by atoms with Gasteiger partial charge in [-0.3, -0.25) is 4.98 Å². The van der Waals surface area contributed by atoms with Gasteiger partial charge in [-0.25, -0.2) is 0 Å². The van der Waals surface area contributed by atoms with Gasteiger partial charge in [0.1, 0.15) is 0 Å². The number of aliphatic hydroxyl groups excluding tert-OH is 1. The van der Waals surface area contributed by atoms with Crippen LogP contribution in [-0.4, -0.2) is 38.7 Å². The summed E-state index contributed by atoms with van der Waals surface area (Å²) in [6.45, 7) is 7.57. The zero-order chi connectivity index (χ0) is 19.7. The summed E-state index contributed by atoms with van der Waals surface area (Å²) < 4.78 is 2.34. The maximum Gasteiger partial charge on any atom is 0.0836 e. The van der Waals surface area contributed by atoms with Crippen LogP contribution in [0.5, 0.6) is 0 Å². The van der Waals surface area contributed by atoms with Crippen molar-refractivity contribution in [1.82, 2.24) is 14.5 Å². The molecule has 3 heterocycles. The lowest BCUT2D eigenvalue weighted by Crippen LogP contribution is -2.44. The van der Waals surface area contributed by atoms with Crippen LogP contribution in [0.25, 0.3) is 10.9 Å². The zero-order valence-electron chi connectivity index (χ0n) is 17.5. The highest BCUT2D eigenvalue weighted by molar-refractivity contribution is 5.84. The van der Waals surface area contributed by atoms with Crippen LogP contribution in [0.3, 0.4) is 0 Å². The Morgan fingerprint density at radius 3 is 2.43 bits per heavy atom. The monoisotopic (exact) mass is 384 g/mol. The molecule has 154 valence electrons. The van der Waals surface area contributed by atoms with E-state index in [9.17, 15) is 5.11 Å². The fourth-order valence-electron chi connectivity index (χ4n) is 5.74. The molecule has 2 aromatic heterocycles. The minimum atomic E-state index is 0.0423. The SMILES string of the molecule is CC(C)C1CCC(N2CCC(n3c(CO)c(CN)c4ccncc43)CC2)CC1. The molecule has 28 heavy (non-hydrogen) atoms. The molecule has 1 saturated carbocycles. The second kappa shape index (κ2) is 8.52. The van der Waals surface area contributed by atoms with E-state index in [0.717, 1.165) is 66.0 Å². The number of aromatic nitrogens is 2. The number of likely N-dealkylation sites (tertiary alicyclic amines) is 1. The summed E-state index contributed by atoms with van der Waals surface area (Å²) in [4.78, 5) is 7.08. The molecule has 0 atom stereocenters. The summed E-state index contributed by atoms with van der Waals surface area (Å²) in [6.07, 6.45) is 11.6. The van der Waals surface area contributed by atoms with Gasteiger partial charge in [0.05, 0.1) is 18.3 Å². The minimum absolute atomic E-state index is 0.0423. The van der Waals surface area contributed by atoms with Crippen LogP contribution in [0, 0.1) is 11.8 Å². The van der Waals surface area contributed by atoms with Gasteiger partial charge in [0.15, 0.2) is 0 Å². The van der Waals surface area contributed by atoms with Crippen LogP contribution in [0.2, 0.25) is 0 Å². The molecule has 2 fully saturated rings. The van der Waals surface area contributed by atoms with Gasteiger partial charge in [-0.05, 0) is 62.0 Å². The van der Waals surface area contributed by atoms with Crippen molar-refractivity contribution in [3.63, 3.8) is 0 Å². The first kappa shape index (κ1) is 19.9. The van der Waals surface area contributed by atoms with Crippen LogP contribution < -0.4 is 5.73 Å². The Hall–Kier alpha value is -1.43. The fourth-order valence-corrected chi connectivity index (χ4v) is 5.74. The third-order valence-corrected chi connectivity index (χ3v) is 7.44. The van der Waals surface area contributed by atoms with E-state index in [1.807, 2.05) is 18.5 Å². The van der Waals surface area contributed by atoms with E-state index in [4.69, 9.17) is 5.73 Å². The Morgan fingerprint density at radius 2 is 1.82 bits per heavy atom. The lowest BCUT2D eigenvalue weighted by molar-refractivity contribution is 0.0881. The number of hydrogen-bond acceptors (Lipinski definition) is 4. The Bertz CT molecular complexity index is 783. The summed E-state index contributed by atoms with van der Waals surface area (Å²) in [5, 5.41) is 11.2. The number of nitrogens with two attached hydrogens (primary N) is 1. The van der Waals surface area contributed by atoms with Gasteiger partial charge in [-0.15, -0.1) is 0 Å². The Balaban J connectivity index is 1.47. The van der Waals surface area contributed by atoms with Crippen molar-refractivity contribution in [1.29, 1.82) is 0 Å². The molecule has 0 spiro atoms. The molecule has 0 unspecified atom stereocenters. The standard InChI is InChI=1S/C23H36N4O/c1-16(2)17-3-5-18(6-4-17)26-11-8-19(9-12-26)27-22-14-25-10-7-20(22)21(13-24)23(27)15-28/h7,10,14,16-19,28H,3-6,8-9,11-13,15,24H2,1-2H3. The molecule has 5 nitrogen and oxygen atoms in total. The van der Waals surface area contributed by atoms with Crippen molar-refractivity contribution in [2.75, 3.05) is 13.1 Å². The zero-order valence-corrected chi connectivity index (χ0v) is 17.5. The van der Waals surface area contributed by atoms with E-state index in [1.54, 1.807) is 0 Å². The molecule has 2 aliphatic rings. The first-order valence-electron chi connectivity index (χ1n) is 11.1. The van der Waals surface area contributed by atoms with E-state index in [2.05, 4.69) is 28.3 Å². The Kier molecular flexibility index (Phi) is 6.04. The molecule has 1 aliphatic heterocycles. The van der Waals surface area contributed by atoms with E-state index in [1.165, 1.54) is 25.7 Å². The van der Waals surface area contributed by atoms with Crippen LogP contribution in [0.1, 0.15) is 69.7 Å². The molecule has 3 N–H and O–H groups in total. The van der Waals surface area contributed by atoms with Crippen molar-refractivity contribution in [3.8, 4) is 0 Å². The third kappa shape index (κ3) is 3.60. The van der Waals surface area contributed by atoms with Crippen LogP contribution >= 0.6 is 0 Å². The highest BCUT2D eigenvalue weighted by atomic mass is 16.3. The molecule has 0 amide bonds. The molecule has 0 radical (unpaired) electrons. The van der Waals surface area contributed by atoms with E-state index in [0.29, 0.717) is 12.6 Å². The van der Waals surface area contributed by atoms with Gasteiger partial charge in [0, 0.05) is 49.0 Å². The van der Waals surface area contributed by atoms with Crippen molar-refractivity contribution in [3.05, 3.63) is 29.7 Å². The summed E-state index contributed by atoms with van der Waals surface area (Å²) in [5.41, 5.74) is 9.23. The first-order chi connectivity index (χ1) is 13.6. The highest BCUT2D eigenvalue weighted by Gasteiger charge is 2.31. The molecule has 4 rings (SSSR count). The quantitative estimate of drug-likeness (QED) is 0.822. The van der Waals surface area contributed by atoms with Gasteiger partial charge in [-0.2, -0.15) is 0 Å². The molecular weight excluding hydrogens is 348 g/mol. The van der Waals surface area contributed by atoms with E-state index in [-0.39, 0.29) is 6.61 Å². The third-order valence-electron chi connectivity index (χ3n) is 7.44. The molecule has 2 aromatic rings.